The number of hydrogen-bond donors (Lipinski definition) is 1. The summed E-state index contributed by atoms with van der Waals surface area (Å²) in [7, 11) is 1.62. The van der Waals surface area contributed by atoms with E-state index in [1.807, 2.05) is 31.2 Å². The molecule has 1 aliphatic heterocycles. The highest BCUT2D eigenvalue weighted by molar-refractivity contribution is 7.14. The SMILES string of the molecule is CCc1sc(C(=O)NCc2ccc(OCC3CCCO3)c(OC)c2)cc1C. The average molecular weight is 390 g/mol. The van der Waals surface area contributed by atoms with Gasteiger partial charge >= 0.3 is 0 Å². The molecule has 1 aliphatic rings. The van der Waals surface area contributed by atoms with E-state index < -0.39 is 0 Å². The first-order chi connectivity index (χ1) is 13.1. The molecule has 1 N–H and O–H groups in total. The van der Waals surface area contributed by atoms with Gasteiger partial charge in [0.2, 0.25) is 0 Å². The van der Waals surface area contributed by atoms with Crippen LogP contribution in [0.4, 0.5) is 0 Å². The summed E-state index contributed by atoms with van der Waals surface area (Å²) in [6.45, 7) is 5.94. The maximum atomic E-state index is 12.4. The lowest BCUT2D eigenvalue weighted by Crippen LogP contribution is -2.21. The van der Waals surface area contributed by atoms with Gasteiger partial charge in [-0.15, -0.1) is 11.3 Å². The monoisotopic (exact) mass is 389 g/mol. The van der Waals surface area contributed by atoms with E-state index in [1.165, 1.54) is 10.4 Å². The van der Waals surface area contributed by atoms with Crippen molar-refractivity contribution in [1.82, 2.24) is 5.32 Å². The molecule has 6 heteroatoms. The van der Waals surface area contributed by atoms with E-state index in [0.29, 0.717) is 24.7 Å². The predicted molar refractivity (Wildman–Crippen MR) is 107 cm³/mol. The highest BCUT2D eigenvalue weighted by atomic mass is 32.1. The molecule has 0 spiro atoms. The highest BCUT2D eigenvalue weighted by Crippen LogP contribution is 2.29. The number of hydrogen-bond acceptors (Lipinski definition) is 5. The third kappa shape index (κ3) is 5.02. The zero-order chi connectivity index (χ0) is 19.2. The van der Waals surface area contributed by atoms with E-state index in [2.05, 4.69) is 12.2 Å². The van der Waals surface area contributed by atoms with Crippen molar-refractivity contribution in [1.29, 1.82) is 0 Å². The Bertz CT molecular complexity index is 780. The second-order valence-corrected chi connectivity index (χ2v) is 7.82. The first kappa shape index (κ1) is 19.7. The van der Waals surface area contributed by atoms with Crippen LogP contribution in [0, 0.1) is 6.92 Å². The van der Waals surface area contributed by atoms with Gasteiger partial charge in [-0.25, -0.2) is 0 Å². The van der Waals surface area contributed by atoms with Crippen molar-refractivity contribution in [2.75, 3.05) is 20.3 Å². The van der Waals surface area contributed by atoms with E-state index in [1.54, 1.807) is 18.4 Å². The Kier molecular flexibility index (Phi) is 6.74. The van der Waals surface area contributed by atoms with Gasteiger partial charge < -0.3 is 19.5 Å². The van der Waals surface area contributed by atoms with Crippen LogP contribution in [0.1, 0.15) is 45.4 Å². The summed E-state index contributed by atoms with van der Waals surface area (Å²) in [5, 5.41) is 2.98. The summed E-state index contributed by atoms with van der Waals surface area (Å²) >= 11 is 1.56. The lowest BCUT2D eigenvalue weighted by atomic mass is 10.2. The number of thiophene rings is 1. The Balaban J connectivity index is 1.58. The molecule has 1 amide bonds. The number of ether oxygens (including phenoxy) is 3. The largest absolute Gasteiger partial charge is 0.493 e. The van der Waals surface area contributed by atoms with Crippen LogP contribution >= 0.6 is 11.3 Å². The van der Waals surface area contributed by atoms with Gasteiger partial charge in [0.05, 0.1) is 18.1 Å². The maximum Gasteiger partial charge on any atom is 0.261 e. The molecule has 1 unspecified atom stereocenters. The lowest BCUT2D eigenvalue weighted by molar-refractivity contribution is 0.0669. The minimum absolute atomic E-state index is 0.0412. The molecule has 1 aromatic heterocycles. The fraction of sp³-hybridized carbons (Fsp3) is 0.476. The Morgan fingerprint density at radius 3 is 2.85 bits per heavy atom. The number of rotatable bonds is 8. The molecule has 0 aliphatic carbocycles. The van der Waals surface area contributed by atoms with E-state index >= 15 is 0 Å². The van der Waals surface area contributed by atoms with Gasteiger partial charge in [-0.3, -0.25) is 4.79 Å². The molecule has 2 heterocycles. The van der Waals surface area contributed by atoms with E-state index in [0.717, 1.165) is 36.3 Å². The molecule has 1 fully saturated rings. The second kappa shape index (κ2) is 9.24. The normalized spacial score (nSPS) is 16.3. The van der Waals surface area contributed by atoms with Crippen LogP contribution in [-0.2, 0) is 17.7 Å². The van der Waals surface area contributed by atoms with Gasteiger partial charge in [0.25, 0.3) is 5.91 Å². The van der Waals surface area contributed by atoms with Crippen molar-refractivity contribution in [2.45, 2.75) is 45.8 Å². The van der Waals surface area contributed by atoms with Crippen molar-refractivity contribution in [3.63, 3.8) is 0 Å². The molecule has 2 aromatic rings. The first-order valence-corrected chi connectivity index (χ1v) is 10.2. The van der Waals surface area contributed by atoms with Crippen LogP contribution in [0.25, 0.3) is 0 Å². The van der Waals surface area contributed by atoms with Gasteiger partial charge in [0.15, 0.2) is 11.5 Å². The van der Waals surface area contributed by atoms with Gasteiger partial charge in [-0.05, 0) is 55.5 Å². The zero-order valence-corrected chi connectivity index (χ0v) is 17.0. The van der Waals surface area contributed by atoms with Crippen molar-refractivity contribution in [3.05, 3.63) is 45.1 Å². The molecule has 1 aromatic carbocycles. The molecule has 0 bridgehead atoms. The number of nitrogens with one attached hydrogen (secondary N) is 1. The molecular weight excluding hydrogens is 362 g/mol. The zero-order valence-electron chi connectivity index (χ0n) is 16.2. The summed E-state index contributed by atoms with van der Waals surface area (Å²) in [5.74, 6) is 1.32. The fourth-order valence-electron chi connectivity index (χ4n) is 3.15. The smallest absolute Gasteiger partial charge is 0.261 e. The molecule has 27 heavy (non-hydrogen) atoms. The van der Waals surface area contributed by atoms with Gasteiger partial charge in [0, 0.05) is 18.0 Å². The molecule has 1 atom stereocenters. The number of carbonyl (C=O) groups is 1. The van der Waals surface area contributed by atoms with Crippen LogP contribution in [-0.4, -0.2) is 32.3 Å². The number of aryl methyl sites for hydroxylation is 2. The summed E-state index contributed by atoms with van der Waals surface area (Å²) in [6, 6.07) is 7.70. The van der Waals surface area contributed by atoms with E-state index in [9.17, 15) is 4.79 Å². The molecular formula is C21H27NO4S. The lowest BCUT2D eigenvalue weighted by Gasteiger charge is -2.15. The van der Waals surface area contributed by atoms with E-state index in [4.69, 9.17) is 14.2 Å². The standard InChI is InChI=1S/C21H27NO4S/c1-4-19-14(2)10-20(27-19)21(23)22-12-15-7-8-17(18(11-15)24-3)26-13-16-6-5-9-25-16/h7-8,10-11,16H,4-6,9,12-13H2,1-3H3,(H,22,23). The third-order valence-electron chi connectivity index (χ3n) is 4.70. The molecule has 146 valence electrons. The van der Waals surface area contributed by atoms with Crippen molar-refractivity contribution >= 4 is 17.2 Å². The minimum Gasteiger partial charge on any atom is -0.493 e. The average Bonchev–Trinajstić information content (AvgIpc) is 3.34. The molecule has 0 saturated carbocycles. The summed E-state index contributed by atoms with van der Waals surface area (Å²) in [4.78, 5) is 14.4. The van der Waals surface area contributed by atoms with Gasteiger partial charge in [0.1, 0.15) is 6.61 Å². The Morgan fingerprint density at radius 2 is 2.19 bits per heavy atom. The second-order valence-electron chi connectivity index (χ2n) is 6.68. The fourth-order valence-corrected chi connectivity index (χ4v) is 4.18. The first-order valence-electron chi connectivity index (χ1n) is 9.39. The number of methoxy groups -OCH3 is 1. The quantitative estimate of drug-likeness (QED) is 0.738. The Morgan fingerprint density at radius 1 is 1.33 bits per heavy atom. The van der Waals surface area contributed by atoms with Crippen LogP contribution in [0.5, 0.6) is 11.5 Å². The Hall–Kier alpha value is -2.05. The molecule has 1 saturated heterocycles. The van der Waals surface area contributed by atoms with E-state index in [-0.39, 0.29) is 12.0 Å². The number of benzene rings is 1. The van der Waals surface area contributed by atoms with Crippen LogP contribution in [0.15, 0.2) is 24.3 Å². The number of carbonyl (C=O) groups excluding carboxylic acids is 1. The highest BCUT2D eigenvalue weighted by Gasteiger charge is 2.17. The van der Waals surface area contributed by atoms with Gasteiger partial charge in [-0.1, -0.05) is 13.0 Å². The Labute approximate surface area is 164 Å². The predicted octanol–water partition coefficient (Wildman–Crippen LogP) is 4.12. The molecule has 0 radical (unpaired) electrons. The summed E-state index contributed by atoms with van der Waals surface area (Å²) < 4.78 is 16.9. The van der Waals surface area contributed by atoms with Crippen LogP contribution < -0.4 is 14.8 Å². The van der Waals surface area contributed by atoms with Gasteiger partial charge in [-0.2, -0.15) is 0 Å². The van der Waals surface area contributed by atoms with Crippen LogP contribution in [0.3, 0.4) is 0 Å². The number of amides is 1. The topological polar surface area (TPSA) is 56.8 Å². The van der Waals surface area contributed by atoms with Crippen molar-refractivity contribution in [3.8, 4) is 11.5 Å². The maximum absolute atomic E-state index is 12.4. The molecule has 5 nitrogen and oxygen atoms in total. The third-order valence-corrected chi connectivity index (χ3v) is 6.08. The van der Waals surface area contributed by atoms with Crippen molar-refractivity contribution < 1.29 is 19.0 Å². The van der Waals surface area contributed by atoms with Crippen molar-refractivity contribution in [2.24, 2.45) is 0 Å². The van der Waals surface area contributed by atoms with Crippen LogP contribution in [0.2, 0.25) is 0 Å². The minimum atomic E-state index is -0.0412. The summed E-state index contributed by atoms with van der Waals surface area (Å²) in [5.41, 5.74) is 2.15. The molecule has 3 rings (SSSR count). The summed E-state index contributed by atoms with van der Waals surface area (Å²) in [6.07, 6.45) is 3.24.